The van der Waals surface area contributed by atoms with E-state index < -0.39 is 9.84 Å². The van der Waals surface area contributed by atoms with Gasteiger partial charge in [0.2, 0.25) is 0 Å². The molecule has 0 spiro atoms. The second kappa shape index (κ2) is 9.07. The van der Waals surface area contributed by atoms with Gasteiger partial charge in [-0.15, -0.1) is 16.8 Å². The van der Waals surface area contributed by atoms with Crippen LogP contribution in [0, 0.1) is 6.92 Å². The van der Waals surface area contributed by atoms with Gasteiger partial charge in [-0.25, -0.2) is 8.42 Å². The molecule has 0 unspecified atom stereocenters. The molecule has 0 atom stereocenters. The summed E-state index contributed by atoms with van der Waals surface area (Å²) >= 11 is 4.95. The van der Waals surface area contributed by atoms with E-state index in [-0.39, 0.29) is 10.6 Å². The first-order valence-corrected chi connectivity index (χ1v) is 12.0. The van der Waals surface area contributed by atoms with Crippen LogP contribution in [-0.4, -0.2) is 23.2 Å². The van der Waals surface area contributed by atoms with Crippen LogP contribution in [0.25, 0.3) is 0 Å². The zero-order valence-corrected chi connectivity index (χ0v) is 18.6. The monoisotopic (exact) mass is 477 g/mol. The van der Waals surface area contributed by atoms with E-state index in [9.17, 15) is 8.42 Å². The van der Waals surface area contributed by atoms with Crippen LogP contribution >= 0.6 is 27.7 Å². The van der Waals surface area contributed by atoms with E-state index >= 15 is 0 Å². The Morgan fingerprint density at radius 3 is 2.43 bits per heavy atom. The summed E-state index contributed by atoms with van der Waals surface area (Å²) in [5.74, 6) is 0.932. The number of nitrogens with zero attached hydrogens (tertiary/aromatic N) is 3. The molecule has 1 heterocycles. The van der Waals surface area contributed by atoms with Crippen LogP contribution < -0.4 is 0 Å². The van der Waals surface area contributed by atoms with Gasteiger partial charge >= 0.3 is 0 Å². The maximum Gasteiger partial charge on any atom is 0.191 e. The van der Waals surface area contributed by atoms with Gasteiger partial charge in [0.25, 0.3) is 0 Å². The maximum absolute atomic E-state index is 12.8. The third-order valence-corrected chi connectivity index (χ3v) is 7.28. The molecule has 8 heteroatoms. The lowest BCUT2D eigenvalue weighted by molar-refractivity contribution is 0.590. The van der Waals surface area contributed by atoms with E-state index in [2.05, 4.69) is 32.7 Å². The molecule has 0 saturated carbocycles. The molecule has 0 saturated heterocycles. The summed E-state index contributed by atoms with van der Waals surface area (Å²) in [5.41, 5.74) is 2.16. The fourth-order valence-corrected chi connectivity index (χ4v) is 5.03. The number of aromatic nitrogens is 3. The molecule has 0 bridgehead atoms. The largest absolute Gasteiger partial charge is 0.301 e. The Morgan fingerprint density at radius 2 is 1.79 bits per heavy atom. The first-order valence-electron chi connectivity index (χ1n) is 8.58. The number of sulfone groups is 1. The molecule has 0 amide bonds. The van der Waals surface area contributed by atoms with Crippen molar-refractivity contribution in [3.05, 3.63) is 82.6 Å². The summed E-state index contributed by atoms with van der Waals surface area (Å²) in [7, 11) is -3.50. The lowest BCUT2D eigenvalue weighted by Crippen LogP contribution is -2.11. The van der Waals surface area contributed by atoms with E-state index in [4.69, 9.17) is 0 Å². The van der Waals surface area contributed by atoms with Gasteiger partial charge < -0.3 is 4.57 Å². The molecule has 0 N–H and O–H groups in total. The Labute approximate surface area is 177 Å². The van der Waals surface area contributed by atoms with Gasteiger partial charge in [-0.05, 0) is 36.8 Å². The van der Waals surface area contributed by atoms with Gasteiger partial charge in [-0.3, -0.25) is 0 Å². The van der Waals surface area contributed by atoms with Gasteiger partial charge in [-0.2, -0.15) is 0 Å². The van der Waals surface area contributed by atoms with Crippen LogP contribution in [0.3, 0.4) is 0 Å². The molecule has 5 nitrogen and oxygen atoms in total. The summed E-state index contributed by atoms with van der Waals surface area (Å²) < 4.78 is 28.4. The summed E-state index contributed by atoms with van der Waals surface area (Å²) in [5, 5.41) is 9.04. The highest BCUT2D eigenvalue weighted by molar-refractivity contribution is 9.10. The Bertz CT molecular complexity index is 1060. The Kier molecular flexibility index (Phi) is 6.74. The predicted octanol–water partition coefficient (Wildman–Crippen LogP) is 4.80. The lowest BCUT2D eigenvalue weighted by atomic mass is 10.2. The highest BCUT2D eigenvalue weighted by Gasteiger charge is 2.21. The van der Waals surface area contributed by atoms with Gasteiger partial charge in [0.15, 0.2) is 15.0 Å². The fraction of sp³-hybridized carbons (Fsp3) is 0.200. The summed E-state index contributed by atoms with van der Waals surface area (Å²) in [6.45, 7) is 6.15. The molecule has 2 aromatic carbocycles. The highest BCUT2D eigenvalue weighted by Crippen LogP contribution is 2.25. The molecule has 3 aromatic rings. The van der Waals surface area contributed by atoms with Crippen LogP contribution in [0.15, 0.2) is 75.7 Å². The third kappa shape index (κ3) is 5.12. The van der Waals surface area contributed by atoms with Crippen molar-refractivity contribution in [1.82, 2.24) is 14.8 Å². The normalized spacial score (nSPS) is 11.5. The number of allylic oxidation sites excluding steroid dienone is 1. The van der Waals surface area contributed by atoms with Crippen LogP contribution in [0.1, 0.15) is 17.0 Å². The van der Waals surface area contributed by atoms with E-state index in [0.29, 0.717) is 23.3 Å². The average molecular weight is 478 g/mol. The summed E-state index contributed by atoms with van der Waals surface area (Å²) in [6.07, 6.45) is 1.72. The highest BCUT2D eigenvalue weighted by atomic mass is 79.9. The van der Waals surface area contributed by atoms with Crippen molar-refractivity contribution < 1.29 is 8.42 Å². The van der Waals surface area contributed by atoms with Gasteiger partial charge in [-0.1, -0.05) is 63.6 Å². The molecule has 0 aliphatic carbocycles. The number of hydrogen-bond donors (Lipinski definition) is 0. The van der Waals surface area contributed by atoms with E-state index in [1.54, 1.807) is 30.3 Å². The molecule has 146 valence electrons. The van der Waals surface area contributed by atoms with Crippen LogP contribution in [0.4, 0.5) is 0 Å². The molecular formula is C20H20BrN3O2S2. The minimum atomic E-state index is -3.50. The van der Waals surface area contributed by atoms with Crippen molar-refractivity contribution in [3.8, 4) is 0 Å². The second-order valence-corrected chi connectivity index (χ2v) is 10.1. The molecule has 1 aromatic heterocycles. The van der Waals surface area contributed by atoms with Crippen LogP contribution in [0.2, 0.25) is 0 Å². The summed E-state index contributed by atoms with van der Waals surface area (Å²) in [6, 6.07) is 14.9. The smallest absolute Gasteiger partial charge is 0.191 e. The van der Waals surface area contributed by atoms with Crippen molar-refractivity contribution in [2.75, 3.05) is 0 Å². The fourth-order valence-electron chi connectivity index (χ4n) is 2.57. The zero-order valence-electron chi connectivity index (χ0n) is 15.4. The molecule has 0 fully saturated rings. The van der Waals surface area contributed by atoms with Gasteiger partial charge in [0.1, 0.15) is 11.6 Å². The van der Waals surface area contributed by atoms with Crippen LogP contribution in [-0.2, 0) is 27.9 Å². The number of aryl methyl sites for hydroxylation is 1. The molecular weight excluding hydrogens is 458 g/mol. The minimum absolute atomic E-state index is 0.199. The van der Waals surface area contributed by atoms with Crippen molar-refractivity contribution in [2.45, 2.75) is 35.0 Å². The maximum atomic E-state index is 12.8. The average Bonchev–Trinajstić information content (AvgIpc) is 3.03. The number of hydrogen-bond acceptors (Lipinski definition) is 5. The number of benzene rings is 2. The molecule has 0 aliphatic heterocycles. The quantitative estimate of drug-likeness (QED) is 0.344. The molecule has 3 rings (SSSR count). The van der Waals surface area contributed by atoms with Crippen molar-refractivity contribution in [1.29, 1.82) is 0 Å². The van der Waals surface area contributed by atoms with Crippen LogP contribution in [0.5, 0.6) is 0 Å². The molecule has 0 aliphatic rings. The Morgan fingerprint density at radius 1 is 1.11 bits per heavy atom. The van der Waals surface area contributed by atoms with Crippen molar-refractivity contribution in [2.24, 2.45) is 0 Å². The van der Waals surface area contributed by atoms with Crippen molar-refractivity contribution in [3.63, 3.8) is 0 Å². The first-order chi connectivity index (χ1) is 13.4. The minimum Gasteiger partial charge on any atom is -0.301 e. The zero-order chi connectivity index (χ0) is 20.1. The van der Waals surface area contributed by atoms with E-state index in [1.165, 1.54) is 11.8 Å². The van der Waals surface area contributed by atoms with E-state index in [1.807, 2.05) is 35.8 Å². The Balaban J connectivity index is 1.80. The summed E-state index contributed by atoms with van der Waals surface area (Å²) in [4.78, 5) is 0.287. The second-order valence-electron chi connectivity index (χ2n) is 6.29. The number of halogens is 1. The standard InChI is InChI=1S/C20H20BrN3O2S2/c1-3-12-24-19(14-28(25,26)18-10-4-15(2)5-11-18)22-23-20(24)27-13-16-6-8-17(21)9-7-16/h3-11H,1,12-14H2,2H3. The predicted molar refractivity (Wildman–Crippen MR) is 116 cm³/mol. The van der Waals surface area contributed by atoms with E-state index in [0.717, 1.165) is 15.6 Å². The van der Waals surface area contributed by atoms with Crippen molar-refractivity contribution >= 4 is 37.5 Å². The Hall–Kier alpha value is -1.90. The van der Waals surface area contributed by atoms with Gasteiger partial charge in [0.05, 0.1) is 4.90 Å². The third-order valence-electron chi connectivity index (χ3n) is 4.09. The topological polar surface area (TPSA) is 64.8 Å². The van der Waals surface area contributed by atoms with Gasteiger partial charge in [0, 0.05) is 16.8 Å². The first kappa shape index (κ1) is 20.8. The lowest BCUT2D eigenvalue weighted by Gasteiger charge is -2.09. The molecule has 28 heavy (non-hydrogen) atoms. The number of thioether (sulfide) groups is 1. The SMILES string of the molecule is C=CCn1c(CS(=O)(=O)c2ccc(C)cc2)nnc1SCc1ccc(Br)cc1. The number of rotatable bonds is 8. The molecule has 0 radical (unpaired) electrons.